The number of halogens is 1. The molecule has 2 aromatic rings. The molecule has 0 fully saturated rings. The number of amides is 1. The summed E-state index contributed by atoms with van der Waals surface area (Å²) in [5, 5.41) is 12.2. The Hall–Kier alpha value is -2.30. The van der Waals surface area contributed by atoms with Crippen molar-refractivity contribution in [1.82, 2.24) is 9.97 Å². The number of hydrogen-bond donors (Lipinski definition) is 2. The van der Waals surface area contributed by atoms with Gasteiger partial charge in [-0.3, -0.25) is 9.59 Å². The molecule has 8 heteroatoms. The normalized spacial score (nSPS) is 11.6. The maximum absolute atomic E-state index is 12.4. The van der Waals surface area contributed by atoms with Crippen LogP contribution in [0.3, 0.4) is 0 Å². The average Bonchev–Trinajstić information content (AvgIpc) is 2.58. The third-order valence-electron chi connectivity index (χ3n) is 3.60. The maximum Gasteiger partial charge on any atom is 0.269 e. The van der Waals surface area contributed by atoms with Crippen LogP contribution in [0.1, 0.15) is 30.7 Å². The smallest absolute Gasteiger partial charge is 0.269 e. The Morgan fingerprint density at radius 2 is 2.24 bits per heavy atom. The van der Waals surface area contributed by atoms with Crippen LogP contribution in [0.15, 0.2) is 28.2 Å². The van der Waals surface area contributed by atoms with Crippen molar-refractivity contribution in [3.63, 3.8) is 0 Å². The summed E-state index contributed by atoms with van der Waals surface area (Å²) in [7, 11) is 0. The summed E-state index contributed by atoms with van der Waals surface area (Å²) < 4.78 is 0. The summed E-state index contributed by atoms with van der Waals surface area (Å²) in [5.74, 6) is -0.236. The first-order valence-electron chi connectivity index (χ1n) is 7.63. The third kappa shape index (κ3) is 4.41. The van der Waals surface area contributed by atoms with Gasteiger partial charge in [-0.1, -0.05) is 36.4 Å². The Labute approximate surface area is 154 Å². The van der Waals surface area contributed by atoms with Crippen LogP contribution < -0.4 is 10.9 Å². The van der Waals surface area contributed by atoms with Gasteiger partial charge in [0, 0.05) is 10.7 Å². The van der Waals surface area contributed by atoms with Crippen LogP contribution in [0.25, 0.3) is 0 Å². The lowest BCUT2D eigenvalue weighted by Crippen LogP contribution is -2.24. The fourth-order valence-corrected chi connectivity index (χ4v) is 3.11. The van der Waals surface area contributed by atoms with Crippen molar-refractivity contribution >= 4 is 35.0 Å². The number of anilines is 1. The molecule has 0 aliphatic carbocycles. The molecule has 1 atom stereocenters. The lowest BCUT2D eigenvalue weighted by Gasteiger charge is -2.14. The van der Waals surface area contributed by atoms with Crippen molar-refractivity contribution in [2.75, 3.05) is 5.32 Å². The number of hydrogen-bond acceptors (Lipinski definition) is 5. The Bertz CT molecular complexity index is 904. The fourth-order valence-electron chi connectivity index (χ4n) is 2.12. The minimum atomic E-state index is -0.501. The molecule has 1 heterocycles. The van der Waals surface area contributed by atoms with Crippen LogP contribution in [0, 0.1) is 18.3 Å². The summed E-state index contributed by atoms with van der Waals surface area (Å²) in [4.78, 5) is 31.1. The molecule has 130 valence electrons. The quantitative estimate of drug-likeness (QED) is 0.616. The van der Waals surface area contributed by atoms with E-state index in [1.807, 2.05) is 19.9 Å². The maximum atomic E-state index is 12.4. The highest BCUT2D eigenvalue weighted by molar-refractivity contribution is 8.00. The number of aromatic nitrogens is 2. The second kappa shape index (κ2) is 8.19. The zero-order valence-electron chi connectivity index (χ0n) is 14.0. The predicted octanol–water partition coefficient (Wildman–Crippen LogP) is 3.29. The summed E-state index contributed by atoms with van der Waals surface area (Å²) in [6.45, 7) is 5.35. The zero-order chi connectivity index (χ0) is 18.6. The van der Waals surface area contributed by atoms with Gasteiger partial charge in [-0.05, 0) is 38.0 Å². The zero-order valence-corrected chi connectivity index (χ0v) is 15.6. The number of H-pyrrole nitrogens is 1. The van der Waals surface area contributed by atoms with Gasteiger partial charge in [0.15, 0.2) is 5.16 Å². The summed E-state index contributed by atoms with van der Waals surface area (Å²) >= 11 is 7.18. The standard InChI is InChI=1S/C17H17ClN4O2S/c1-4-13-11(8-19)16(24)22-17(21-13)25-10(3)15(23)20-14-7-5-6-12(18)9(14)2/h5-7,10H,4H2,1-3H3,(H,20,23)(H,21,22,24). The SMILES string of the molecule is CCc1nc(SC(C)C(=O)Nc2cccc(Cl)c2C)[nH]c(=O)c1C#N. The number of benzene rings is 1. The molecule has 2 rings (SSSR count). The number of aryl methyl sites for hydroxylation is 1. The molecule has 1 aromatic heterocycles. The van der Waals surface area contributed by atoms with Gasteiger partial charge in [0.05, 0.1) is 10.9 Å². The van der Waals surface area contributed by atoms with Crippen molar-refractivity contribution in [1.29, 1.82) is 5.26 Å². The molecule has 25 heavy (non-hydrogen) atoms. The molecule has 0 spiro atoms. The molecule has 1 amide bonds. The molecule has 1 aromatic carbocycles. The van der Waals surface area contributed by atoms with Gasteiger partial charge in [0.2, 0.25) is 5.91 Å². The van der Waals surface area contributed by atoms with E-state index in [2.05, 4.69) is 15.3 Å². The highest BCUT2D eigenvalue weighted by Gasteiger charge is 2.18. The summed E-state index contributed by atoms with van der Waals surface area (Å²) in [6.07, 6.45) is 0.461. The topological polar surface area (TPSA) is 98.6 Å². The van der Waals surface area contributed by atoms with E-state index >= 15 is 0 Å². The minimum absolute atomic E-state index is 0.0125. The molecule has 0 aliphatic heterocycles. The minimum Gasteiger partial charge on any atom is -0.325 e. The molecular formula is C17H17ClN4O2S. The highest BCUT2D eigenvalue weighted by Crippen LogP contribution is 2.25. The summed E-state index contributed by atoms with van der Waals surface area (Å²) in [5.41, 5.74) is 1.37. The molecule has 0 saturated carbocycles. The van der Waals surface area contributed by atoms with Crippen molar-refractivity contribution in [3.8, 4) is 6.07 Å². The van der Waals surface area contributed by atoms with Crippen LogP contribution in [0.2, 0.25) is 5.02 Å². The first-order chi connectivity index (χ1) is 11.9. The lowest BCUT2D eigenvalue weighted by molar-refractivity contribution is -0.115. The number of aromatic amines is 1. The van der Waals surface area contributed by atoms with E-state index in [0.29, 0.717) is 28.0 Å². The van der Waals surface area contributed by atoms with E-state index in [4.69, 9.17) is 16.9 Å². The molecular weight excluding hydrogens is 360 g/mol. The van der Waals surface area contributed by atoms with Crippen LogP contribution in [0.4, 0.5) is 5.69 Å². The van der Waals surface area contributed by atoms with Gasteiger partial charge < -0.3 is 10.3 Å². The van der Waals surface area contributed by atoms with Crippen molar-refractivity contribution < 1.29 is 4.79 Å². The second-order valence-electron chi connectivity index (χ2n) is 5.32. The number of carbonyl (C=O) groups is 1. The fraction of sp³-hybridized carbons (Fsp3) is 0.294. The summed E-state index contributed by atoms with van der Waals surface area (Å²) in [6, 6.07) is 7.14. The van der Waals surface area contributed by atoms with E-state index in [1.165, 1.54) is 0 Å². The van der Waals surface area contributed by atoms with Crippen LogP contribution in [-0.2, 0) is 11.2 Å². The number of carbonyl (C=O) groups excluding carboxylic acids is 1. The number of nitrogens with zero attached hydrogens (tertiary/aromatic N) is 2. The van der Waals surface area contributed by atoms with E-state index in [1.54, 1.807) is 25.1 Å². The number of rotatable bonds is 5. The van der Waals surface area contributed by atoms with Gasteiger partial charge in [-0.25, -0.2) is 4.98 Å². The predicted molar refractivity (Wildman–Crippen MR) is 99.1 cm³/mol. The largest absolute Gasteiger partial charge is 0.325 e. The molecule has 2 N–H and O–H groups in total. The van der Waals surface area contributed by atoms with Gasteiger partial charge in [0.25, 0.3) is 5.56 Å². The van der Waals surface area contributed by atoms with Crippen molar-refractivity contribution in [3.05, 3.63) is 50.4 Å². The van der Waals surface area contributed by atoms with Crippen molar-refractivity contribution in [2.45, 2.75) is 37.6 Å². The van der Waals surface area contributed by atoms with Crippen LogP contribution in [0.5, 0.6) is 0 Å². The van der Waals surface area contributed by atoms with Gasteiger partial charge >= 0.3 is 0 Å². The van der Waals surface area contributed by atoms with Crippen LogP contribution in [-0.4, -0.2) is 21.1 Å². The molecule has 6 nitrogen and oxygen atoms in total. The number of nitriles is 1. The lowest BCUT2D eigenvalue weighted by atomic mass is 10.2. The average molecular weight is 377 g/mol. The monoisotopic (exact) mass is 376 g/mol. The Morgan fingerprint density at radius 3 is 2.88 bits per heavy atom. The molecule has 1 unspecified atom stereocenters. The van der Waals surface area contributed by atoms with E-state index < -0.39 is 10.8 Å². The Balaban J connectivity index is 2.17. The Morgan fingerprint density at radius 1 is 1.52 bits per heavy atom. The van der Waals surface area contributed by atoms with E-state index in [-0.39, 0.29) is 11.5 Å². The van der Waals surface area contributed by atoms with Crippen LogP contribution >= 0.6 is 23.4 Å². The van der Waals surface area contributed by atoms with E-state index in [9.17, 15) is 9.59 Å². The van der Waals surface area contributed by atoms with Crippen molar-refractivity contribution in [2.24, 2.45) is 0 Å². The molecule has 0 saturated heterocycles. The van der Waals surface area contributed by atoms with Gasteiger partial charge in [-0.2, -0.15) is 5.26 Å². The number of thioether (sulfide) groups is 1. The third-order valence-corrected chi connectivity index (χ3v) is 5.00. The first kappa shape index (κ1) is 19.0. The van der Waals surface area contributed by atoms with E-state index in [0.717, 1.165) is 17.3 Å². The Kier molecular flexibility index (Phi) is 6.23. The van der Waals surface area contributed by atoms with Gasteiger partial charge in [0.1, 0.15) is 11.6 Å². The van der Waals surface area contributed by atoms with Gasteiger partial charge in [-0.15, -0.1) is 0 Å². The molecule has 0 bridgehead atoms. The number of nitrogens with one attached hydrogen (secondary N) is 2. The second-order valence-corrected chi connectivity index (χ2v) is 7.06. The molecule has 0 aliphatic rings. The first-order valence-corrected chi connectivity index (χ1v) is 8.89. The molecule has 0 radical (unpaired) electrons. The highest BCUT2D eigenvalue weighted by atomic mass is 35.5.